The van der Waals surface area contributed by atoms with Gasteiger partial charge in [0.05, 0.1) is 0 Å². The predicted octanol–water partition coefficient (Wildman–Crippen LogP) is 4.33. The van der Waals surface area contributed by atoms with Gasteiger partial charge in [-0.2, -0.15) is 0 Å². The van der Waals surface area contributed by atoms with Crippen molar-refractivity contribution in [2.24, 2.45) is 5.73 Å². The molecule has 2 rings (SSSR count). The quantitative estimate of drug-likeness (QED) is 0.908. The van der Waals surface area contributed by atoms with Crippen LogP contribution in [0.2, 0.25) is 0 Å². The number of hydrogen-bond acceptors (Lipinski definition) is 3. The van der Waals surface area contributed by atoms with Gasteiger partial charge in [-0.15, -0.1) is 0 Å². The second-order valence-corrected chi connectivity index (χ2v) is 5.83. The molecule has 0 spiro atoms. The van der Waals surface area contributed by atoms with E-state index in [-0.39, 0.29) is 0 Å². The lowest BCUT2D eigenvalue weighted by Crippen LogP contribution is -2.05. The van der Waals surface area contributed by atoms with Gasteiger partial charge in [0.15, 0.2) is 0 Å². The number of nitrogens with two attached hydrogens (primary N) is 1. The first-order valence-corrected chi connectivity index (χ1v) is 7.33. The van der Waals surface area contributed by atoms with E-state index >= 15 is 0 Å². The van der Waals surface area contributed by atoms with E-state index in [1.54, 1.807) is 0 Å². The largest absolute Gasteiger partial charge is 0.439 e. The van der Waals surface area contributed by atoms with Gasteiger partial charge in [-0.25, -0.2) is 4.98 Å². The lowest BCUT2D eigenvalue weighted by atomic mass is 10.1. The van der Waals surface area contributed by atoms with Crippen molar-refractivity contribution in [1.29, 1.82) is 0 Å². The Morgan fingerprint density at radius 2 is 1.65 bits per heavy atom. The Bertz CT molecular complexity index is 630. The van der Waals surface area contributed by atoms with Gasteiger partial charge in [0.25, 0.3) is 0 Å². The summed E-state index contributed by atoms with van der Waals surface area (Å²) < 4.78 is 7.08. The topological polar surface area (TPSA) is 48.1 Å². The minimum Gasteiger partial charge on any atom is -0.439 e. The Kier molecular flexibility index (Phi) is 4.45. The maximum Gasteiger partial charge on any atom is 0.224 e. The van der Waals surface area contributed by atoms with Gasteiger partial charge < -0.3 is 10.5 Å². The molecule has 1 aromatic heterocycles. The molecular weight excluding hydrogens is 316 g/mol. The fraction of sp³-hybridized carbons (Fsp3) is 0.312. The molecule has 106 valence electrons. The summed E-state index contributed by atoms with van der Waals surface area (Å²) in [5.74, 6) is 1.39. The molecule has 0 radical (unpaired) electrons. The molecule has 0 saturated carbocycles. The predicted molar refractivity (Wildman–Crippen MR) is 85.3 cm³/mol. The minimum absolute atomic E-state index is 0.420. The van der Waals surface area contributed by atoms with Crippen LogP contribution >= 0.6 is 15.9 Å². The summed E-state index contributed by atoms with van der Waals surface area (Å²) in [6.07, 6.45) is 0. The standard InChI is InChI=1S/C16H19BrN2O/c1-9-5-12(4)19-16(14(9)8-18)20-13-6-10(2)15(17)11(3)7-13/h5-7H,8,18H2,1-4H3. The van der Waals surface area contributed by atoms with Crippen molar-refractivity contribution in [2.75, 3.05) is 0 Å². The van der Waals surface area contributed by atoms with Crippen molar-refractivity contribution in [1.82, 2.24) is 4.98 Å². The van der Waals surface area contributed by atoms with E-state index in [4.69, 9.17) is 10.5 Å². The lowest BCUT2D eigenvalue weighted by molar-refractivity contribution is 0.453. The maximum absolute atomic E-state index is 5.97. The zero-order chi connectivity index (χ0) is 14.9. The molecule has 0 fully saturated rings. The third-order valence-corrected chi connectivity index (χ3v) is 4.52. The fourth-order valence-corrected chi connectivity index (χ4v) is 2.47. The number of nitrogens with zero attached hydrogens (tertiary/aromatic N) is 1. The van der Waals surface area contributed by atoms with Crippen LogP contribution in [-0.4, -0.2) is 4.98 Å². The molecule has 0 bridgehead atoms. The van der Waals surface area contributed by atoms with Crippen LogP contribution in [0, 0.1) is 27.7 Å². The Morgan fingerprint density at radius 3 is 2.20 bits per heavy atom. The average Bonchev–Trinajstić information content (AvgIpc) is 2.35. The number of aromatic nitrogens is 1. The molecule has 0 amide bonds. The Balaban J connectivity index is 2.44. The van der Waals surface area contributed by atoms with E-state index in [2.05, 4.69) is 20.9 Å². The van der Waals surface area contributed by atoms with Crippen LogP contribution in [0.25, 0.3) is 0 Å². The molecule has 2 aromatic rings. The number of ether oxygens (including phenoxy) is 1. The SMILES string of the molecule is Cc1cc(C)c(CN)c(Oc2cc(C)c(Br)c(C)c2)n1. The van der Waals surface area contributed by atoms with Crippen LogP contribution < -0.4 is 10.5 Å². The molecule has 20 heavy (non-hydrogen) atoms. The van der Waals surface area contributed by atoms with Crippen LogP contribution in [0.1, 0.15) is 27.9 Å². The number of benzene rings is 1. The zero-order valence-electron chi connectivity index (χ0n) is 12.2. The molecule has 0 saturated heterocycles. The van der Waals surface area contributed by atoms with Crippen LogP contribution in [0.15, 0.2) is 22.7 Å². The van der Waals surface area contributed by atoms with Crippen molar-refractivity contribution in [3.05, 3.63) is 50.6 Å². The number of rotatable bonds is 3. The number of pyridine rings is 1. The highest BCUT2D eigenvalue weighted by molar-refractivity contribution is 9.10. The second kappa shape index (κ2) is 5.94. The molecule has 2 N–H and O–H groups in total. The minimum atomic E-state index is 0.420. The molecule has 0 atom stereocenters. The van der Waals surface area contributed by atoms with Crippen molar-refractivity contribution in [3.63, 3.8) is 0 Å². The van der Waals surface area contributed by atoms with Crippen LogP contribution in [-0.2, 0) is 6.54 Å². The smallest absolute Gasteiger partial charge is 0.224 e. The second-order valence-electron chi connectivity index (χ2n) is 5.04. The molecule has 0 aliphatic carbocycles. The number of hydrogen-bond donors (Lipinski definition) is 1. The van der Waals surface area contributed by atoms with Crippen molar-refractivity contribution in [3.8, 4) is 11.6 Å². The van der Waals surface area contributed by atoms with Crippen molar-refractivity contribution in [2.45, 2.75) is 34.2 Å². The van der Waals surface area contributed by atoms with E-state index in [0.29, 0.717) is 12.4 Å². The van der Waals surface area contributed by atoms with Gasteiger partial charge in [-0.3, -0.25) is 0 Å². The summed E-state index contributed by atoms with van der Waals surface area (Å²) in [4.78, 5) is 4.47. The highest BCUT2D eigenvalue weighted by Gasteiger charge is 2.11. The van der Waals surface area contributed by atoms with Gasteiger partial charge >= 0.3 is 0 Å². The van der Waals surface area contributed by atoms with Gasteiger partial charge in [0.1, 0.15) is 5.75 Å². The first-order valence-electron chi connectivity index (χ1n) is 6.54. The van der Waals surface area contributed by atoms with Gasteiger partial charge in [0, 0.05) is 22.3 Å². The van der Waals surface area contributed by atoms with E-state index in [1.807, 2.05) is 45.9 Å². The summed E-state index contributed by atoms with van der Waals surface area (Å²) in [6.45, 7) is 8.49. The molecule has 0 aliphatic rings. The normalized spacial score (nSPS) is 10.7. The molecule has 3 nitrogen and oxygen atoms in total. The van der Waals surface area contributed by atoms with Crippen LogP contribution in [0.3, 0.4) is 0 Å². The third-order valence-electron chi connectivity index (χ3n) is 3.27. The van der Waals surface area contributed by atoms with Crippen LogP contribution in [0.5, 0.6) is 11.6 Å². The molecule has 0 aliphatic heterocycles. The van der Waals surface area contributed by atoms with E-state index in [9.17, 15) is 0 Å². The van der Waals surface area contributed by atoms with Crippen LogP contribution in [0.4, 0.5) is 0 Å². The summed E-state index contributed by atoms with van der Waals surface area (Å²) in [7, 11) is 0. The van der Waals surface area contributed by atoms with Gasteiger partial charge in [0.2, 0.25) is 5.88 Å². The fourth-order valence-electron chi connectivity index (χ4n) is 2.24. The first kappa shape index (κ1) is 15.0. The third kappa shape index (κ3) is 3.02. The average molecular weight is 335 g/mol. The highest BCUT2D eigenvalue weighted by Crippen LogP contribution is 2.31. The molecule has 1 aromatic carbocycles. The number of aryl methyl sites for hydroxylation is 4. The molecule has 1 heterocycles. The van der Waals surface area contributed by atoms with Crippen molar-refractivity contribution < 1.29 is 4.74 Å². The monoisotopic (exact) mass is 334 g/mol. The first-order chi connectivity index (χ1) is 9.42. The lowest BCUT2D eigenvalue weighted by Gasteiger charge is -2.14. The zero-order valence-corrected chi connectivity index (χ0v) is 13.8. The molecular formula is C16H19BrN2O. The summed E-state index contributed by atoms with van der Waals surface area (Å²) >= 11 is 3.56. The molecule has 4 heteroatoms. The van der Waals surface area contributed by atoms with Crippen molar-refractivity contribution >= 4 is 15.9 Å². The Labute approximate surface area is 128 Å². The van der Waals surface area contributed by atoms with Gasteiger partial charge in [-0.05, 0) is 62.6 Å². The van der Waals surface area contributed by atoms with E-state index in [1.165, 1.54) is 0 Å². The van der Waals surface area contributed by atoms with E-state index in [0.717, 1.165) is 38.2 Å². The van der Waals surface area contributed by atoms with Gasteiger partial charge in [-0.1, -0.05) is 15.9 Å². The Hall–Kier alpha value is -1.39. The van der Waals surface area contributed by atoms with E-state index < -0.39 is 0 Å². The maximum atomic E-state index is 5.97. The summed E-state index contributed by atoms with van der Waals surface area (Å²) in [5.41, 5.74) is 11.1. The summed E-state index contributed by atoms with van der Waals surface area (Å²) in [5, 5.41) is 0. The highest BCUT2D eigenvalue weighted by atomic mass is 79.9. The Morgan fingerprint density at radius 1 is 1.05 bits per heavy atom. The molecule has 0 unspecified atom stereocenters. The number of halogens is 1. The summed E-state index contributed by atoms with van der Waals surface area (Å²) in [6, 6.07) is 6.01.